The van der Waals surface area contributed by atoms with Gasteiger partial charge in [0.1, 0.15) is 0 Å². The van der Waals surface area contributed by atoms with Crippen LogP contribution in [0.1, 0.15) is 39.2 Å². The highest BCUT2D eigenvalue weighted by molar-refractivity contribution is 5.15. The van der Waals surface area contributed by atoms with Crippen LogP contribution in [-0.4, -0.2) is 19.5 Å². The molecule has 1 spiro atoms. The SMILES string of the molecule is CC1=C[C@H](C)C2(COC(CCc3ccccc3)OC2)[C@H](C)C1. The standard InChI is InChI=1S/C20H28O2/c1-15-11-16(2)20(17(3)12-15)13-21-19(22-14-20)10-9-18-7-5-4-6-8-18/h4-8,11,16-17,19H,9-10,12-14H2,1-3H3/t16-,17+,19?,20?/m0/s1. The van der Waals surface area contributed by atoms with Crippen molar-refractivity contribution in [1.82, 2.24) is 0 Å². The highest BCUT2D eigenvalue weighted by Crippen LogP contribution is 2.47. The Bertz CT molecular complexity index is 512. The van der Waals surface area contributed by atoms with Crippen LogP contribution in [0, 0.1) is 17.3 Å². The van der Waals surface area contributed by atoms with Gasteiger partial charge in [0.25, 0.3) is 0 Å². The summed E-state index contributed by atoms with van der Waals surface area (Å²) < 4.78 is 12.2. The maximum absolute atomic E-state index is 6.12. The number of aryl methyl sites for hydroxylation is 1. The van der Waals surface area contributed by atoms with E-state index in [1.165, 1.54) is 17.6 Å². The van der Waals surface area contributed by atoms with Crippen LogP contribution >= 0.6 is 0 Å². The Hall–Kier alpha value is -1.12. The van der Waals surface area contributed by atoms with Gasteiger partial charge in [0.2, 0.25) is 0 Å². The van der Waals surface area contributed by atoms with Gasteiger partial charge in [-0.05, 0) is 37.2 Å². The minimum absolute atomic E-state index is 0.0442. The largest absolute Gasteiger partial charge is 0.352 e. The van der Waals surface area contributed by atoms with Crippen LogP contribution in [0.3, 0.4) is 0 Å². The minimum atomic E-state index is -0.0442. The van der Waals surface area contributed by atoms with Crippen LogP contribution in [0.15, 0.2) is 42.0 Å². The average molecular weight is 300 g/mol. The van der Waals surface area contributed by atoms with E-state index in [1.54, 1.807) is 0 Å². The van der Waals surface area contributed by atoms with Crippen molar-refractivity contribution >= 4 is 0 Å². The summed E-state index contributed by atoms with van der Waals surface area (Å²) in [5.74, 6) is 1.16. The lowest BCUT2D eigenvalue weighted by Gasteiger charge is -2.49. The lowest BCUT2D eigenvalue weighted by Crippen LogP contribution is -2.50. The van der Waals surface area contributed by atoms with Crippen LogP contribution in [0.2, 0.25) is 0 Å². The van der Waals surface area contributed by atoms with Crippen LogP contribution in [0.4, 0.5) is 0 Å². The molecular formula is C20H28O2. The molecule has 0 aromatic heterocycles. The lowest BCUT2D eigenvalue weighted by molar-refractivity contribution is -0.251. The molecule has 1 fully saturated rings. The Morgan fingerprint density at radius 3 is 2.41 bits per heavy atom. The smallest absolute Gasteiger partial charge is 0.157 e. The third kappa shape index (κ3) is 3.13. The highest BCUT2D eigenvalue weighted by atomic mass is 16.7. The van der Waals surface area contributed by atoms with E-state index in [-0.39, 0.29) is 11.7 Å². The molecule has 120 valence electrons. The minimum Gasteiger partial charge on any atom is -0.352 e. The summed E-state index contributed by atoms with van der Waals surface area (Å²) >= 11 is 0. The number of benzene rings is 1. The van der Waals surface area contributed by atoms with E-state index < -0.39 is 0 Å². The average Bonchev–Trinajstić information content (AvgIpc) is 2.53. The van der Waals surface area contributed by atoms with E-state index in [0.29, 0.717) is 11.8 Å². The summed E-state index contributed by atoms with van der Waals surface area (Å²) in [4.78, 5) is 0. The first kappa shape index (κ1) is 15.8. The van der Waals surface area contributed by atoms with Crippen molar-refractivity contribution in [2.24, 2.45) is 17.3 Å². The van der Waals surface area contributed by atoms with E-state index in [2.05, 4.69) is 57.2 Å². The fraction of sp³-hybridized carbons (Fsp3) is 0.600. The molecule has 3 rings (SSSR count). The van der Waals surface area contributed by atoms with Crippen LogP contribution in [0.25, 0.3) is 0 Å². The predicted octanol–water partition coefficient (Wildman–Crippen LogP) is 4.60. The Morgan fingerprint density at radius 1 is 1.09 bits per heavy atom. The number of ether oxygens (including phenoxy) is 2. The topological polar surface area (TPSA) is 18.5 Å². The van der Waals surface area contributed by atoms with Gasteiger partial charge < -0.3 is 9.47 Å². The molecule has 1 aliphatic heterocycles. The van der Waals surface area contributed by atoms with E-state index in [1.807, 2.05) is 0 Å². The zero-order valence-corrected chi connectivity index (χ0v) is 14.0. The number of rotatable bonds is 3. The Kier molecular flexibility index (Phi) is 4.70. The first-order valence-corrected chi connectivity index (χ1v) is 8.54. The van der Waals surface area contributed by atoms with Gasteiger partial charge in [0, 0.05) is 11.8 Å². The van der Waals surface area contributed by atoms with Crippen LogP contribution < -0.4 is 0 Å². The summed E-state index contributed by atoms with van der Waals surface area (Å²) in [7, 11) is 0. The molecule has 1 heterocycles. The molecule has 1 saturated heterocycles. The molecule has 2 heteroatoms. The van der Waals surface area contributed by atoms with Gasteiger partial charge in [-0.25, -0.2) is 0 Å². The molecular weight excluding hydrogens is 272 g/mol. The van der Waals surface area contributed by atoms with E-state index in [0.717, 1.165) is 26.1 Å². The van der Waals surface area contributed by atoms with Crippen molar-refractivity contribution in [3.8, 4) is 0 Å². The molecule has 0 unspecified atom stereocenters. The second kappa shape index (κ2) is 6.55. The van der Waals surface area contributed by atoms with Crippen LogP contribution in [0.5, 0.6) is 0 Å². The van der Waals surface area contributed by atoms with Gasteiger partial charge in [-0.15, -0.1) is 0 Å². The first-order chi connectivity index (χ1) is 10.6. The Balaban J connectivity index is 1.56. The lowest BCUT2D eigenvalue weighted by atomic mass is 9.63. The summed E-state index contributed by atoms with van der Waals surface area (Å²) in [6, 6.07) is 10.6. The molecule has 0 N–H and O–H groups in total. The van der Waals surface area contributed by atoms with E-state index >= 15 is 0 Å². The molecule has 1 aromatic rings. The van der Waals surface area contributed by atoms with Crippen molar-refractivity contribution in [3.05, 3.63) is 47.5 Å². The van der Waals surface area contributed by atoms with Crippen molar-refractivity contribution in [2.45, 2.75) is 46.3 Å². The molecule has 2 atom stereocenters. The monoisotopic (exact) mass is 300 g/mol. The summed E-state index contributed by atoms with van der Waals surface area (Å²) in [6.45, 7) is 8.57. The normalized spacial score (nSPS) is 35.4. The zero-order chi connectivity index (χ0) is 15.6. The number of allylic oxidation sites excluding steroid dienone is 2. The quantitative estimate of drug-likeness (QED) is 0.759. The summed E-state index contributed by atoms with van der Waals surface area (Å²) in [6.07, 6.45) is 5.50. The molecule has 1 aromatic carbocycles. The second-order valence-electron chi connectivity index (χ2n) is 7.22. The fourth-order valence-electron chi connectivity index (χ4n) is 4.03. The summed E-state index contributed by atoms with van der Waals surface area (Å²) in [5.41, 5.74) is 3.03. The van der Waals surface area contributed by atoms with Crippen molar-refractivity contribution in [3.63, 3.8) is 0 Å². The van der Waals surface area contributed by atoms with Gasteiger partial charge in [0.15, 0.2) is 6.29 Å². The predicted molar refractivity (Wildman–Crippen MR) is 89.6 cm³/mol. The molecule has 2 nitrogen and oxygen atoms in total. The van der Waals surface area contributed by atoms with Gasteiger partial charge in [-0.1, -0.05) is 55.8 Å². The zero-order valence-electron chi connectivity index (χ0n) is 14.0. The van der Waals surface area contributed by atoms with Crippen molar-refractivity contribution < 1.29 is 9.47 Å². The van der Waals surface area contributed by atoms with Gasteiger partial charge >= 0.3 is 0 Å². The molecule has 22 heavy (non-hydrogen) atoms. The maximum atomic E-state index is 6.12. The fourth-order valence-corrected chi connectivity index (χ4v) is 4.03. The van der Waals surface area contributed by atoms with Crippen molar-refractivity contribution in [1.29, 1.82) is 0 Å². The molecule has 2 aliphatic rings. The Morgan fingerprint density at radius 2 is 1.77 bits per heavy atom. The van der Waals surface area contributed by atoms with Gasteiger partial charge in [-0.2, -0.15) is 0 Å². The first-order valence-electron chi connectivity index (χ1n) is 8.54. The summed E-state index contributed by atoms with van der Waals surface area (Å²) in [5, 5.41) is 0. The third-order valence-corrected chi connectivity index (χ3v) is 5.64. The van der Waals surface area contributed by atoms with Crippen LogP contribution in [-0.2, 0) is 15.9 Å². The molecule has 0 saturated carbocycles. The highest BCUT2D eigenvalue weighted by Gasteiger charge is 2.46. The van der Waals surface area contributed by atoms with Gasteiger partial charge in [0.05, 0.1) is 13.2 Å². The molecule has 0 bridgehead atoms. The van der Waals surface area contributed by atoms with E-state index in [9.17, 15) is 0 Å². The van der Waals surface area contributed by atoms with Gasteiger partial charge in [-0.3, -0.25) is 0 Å². The molecule has 1 aliphatic carbocycles. The second-order valence-corrected chi connectivity index (χ2v) is 7.22. The number of hydrogen-bond donors (Lipinski definition) is 0. The maximum Gasteiger partial charge on any atom is 0.157 e. The Labute approximate surface area is 134 Å². The third-order valence-electron chi connectivity index (χ3n) is 5.64. The molecule has 0 amide bonds. The van der Waals surface area contributed by atoms with Crippen molar-refractivity contribution in [2.75, 3.05) is 13.2 Å². The number of hydrogen-bond acceptors (Lipinski definition) is 2. The molecule has 0 radical (unpaired) electrons. The van der Waals surface area contributed by atoms with E-state index in [4.69, 9.17) is 9.47 Å².